The molecule has 0 fully saturated rings. The molecule has 0 saturated heterocycles. The number of carboxylic acids is 2. The summed E-state index contributed by atoms with van der Waals surface area (Å²) in [6, 6.07) is 18.9. The summed E-state index contributed by atoms with van der Waals surface area (Å²) in [5.41, 5.74) is 1.88. The third kappa shape index (κ3) is 5.17. The van der Waals surface area contributed by atoms with E-state index in [9.17, 15) is 19.2 Å². The number of benzene rings is 3. The molecule has 0 aliphatic carbocycles. The van der Waals surface area contributed by atoms with Gasteiger partial charge in [0, 0.05) is 0 Å². The molecule has 2 N–H and O–H groups in total. The largest absolute Gasteiger partial charge is 0.478 e. The van der Waals surface area contributed by atoms with E-state index in [4.69, 9.17) is 19.7 Å². The van der Waals surface area contributed by atoms with Crippen molar-refractivity contribution >= 4 is 23.9 Å². The maximum atomic E-state index is 11.3. The summed E-state index contributed by atoms with van der Waals surface area (Å²) in [5, 5.41) is 18.2. The van der Waals surface area contributed by atoms with Gasteiger partial charge in [0.25, 0.3) is 0 Å². The first kappa shape index (κ1) is 22.2. The highest BCUT2D eigenvalue weighted by Crippen LogP contribution is 2.27. The molecular weight excluding hydrogens is 416 g/mol. The van der Waals surface area contributed by atoms with E-state index < -0.39 is 23.9 Å². The molecule has 0 atom stereocenters. The van der Waals surface area contributed by atoms with Gasteiger partial charge in [0.05, 0.1) is 22.3 Å². The zero-order valence-corrected chi connectivity index (χ0v) is 16.7. The standard InChI is InChI=1S/C14H10O4.C10H8O4/c15-13(16)11-7-3-1-5-9(11)10-6-2-4-8-12(10)14(17)18;11-9-7-1-2-8(4-3-7)10(12)14-6-5-13-9/h1-8H,(H,15,16)(H,17,18);1-4H,5-6H2. The highest BCUT2D eigenvalue weighted by molar-refractivity contribution is 6.02. The first-order chi connectivity index (χ1) is 15.4. The van der Waals surface area contributed by atoms with Gasteiger partial charge in [0.15, 0.2) is 0 Å². The molecule has 5 rings (SSSR count). The van der Waals surface area contributed by atoms with Gasteiger partial charge < -0.3 is 19.7 Å². The van der Waals surface area contributed by atoms with Crippen LogP contribution in [0.1, 0.15) is 41.4 Å². The van der Waals surface area contributed by atoms with Crippen LogP contribution in [0.25, 0.3) is 11.1 Å². The molecule has 8 heteroatoms. The average molecular weight is 434 g/mol. The Labute approximate surface area is 182 Å². The SMILES string of the molecule is O=C(O)c1ccccc1-c1ccccc1C(=O)O.O=C1OCCOC(=O)c2ccc1cc2. The number of carbonyl (C=O) groups is 4. The molecule has 2 aliphatic rings. The summed E-state index contributed by atoms with van der Waals surface area (Å²) in [6.07, 6.45) is 0. The first-order valence-corrected chi connectivity index (χ1v) is 9.48. The number of hydrogen-bond donors (Lipinski definition) is 2. The quantitative estimate of drug-likeness (QED) is 0.597. The fraction of sp³-hybridized carbons (Fsp3) is 0.0833. The smallest absolute Gasteiger partial charge is 0.338 e. The number of fused-ring (bicyclic) bond motifs is 7. The topological polar surface area (TPSA) is 127 Å². The Bertz CT molecular complexity index is 1070. The summed E-state index contributed by atoms with van der Waals surface area (Å²) in [5.74, 6) is -2.94. The van der Waals surface area contributed by atoms with Crippen molar-refractivity contribution in [2.75, 3.05) is 13.2 Å². The molecule has 3 aromatic carbocycles. The second-order valence-corrected chi connectivity index (χ2v) is 6.55. The lowest BCUT2D eigenvalue weighted by atomic mass is 9.95. The molecule has 162 valence electrons. The Balaban J connectivity index is 0.000000186. The maximum absolute atomic E-state index is 11.3. The van der Waals surface area contributed by atoms with Crippen molar-refractivity contribution in [1.29, 1.82) is 0 Å². The van der Waals surface area contributed by atoms with E-state index >= 15 is 0 Å². The molecule has 2 aliphatic heterocycles. The van der Waals surface area contributed by atoms with Crippen LogP contribution in [0.15, 0.2) is 72.8 Å². The van der Waals surface area contributed by atoms with Crippen LogP contribution in [-0.2, 0) is 9.47 Å². The third-order valence-electron chi connectivity index (χ3n) is 4.51. The van der Waals surface area contributed by atoms with Crippen molar-refractivity contribution in [3.05, 3.63) is 95.1 Å². The summed E-state index contributed by atoms with van der Waals surface area (Å²) in [7, 11) is 0. The molecule has 2 bridgehead atoms. The van der Waals surface area contributed by atoms with Gasteiger partial charge in [-0.25, -0.2) is 19.2 Å². The molecule has 0 unspecified atom stereocenters. The zero-order chi connectivity index (χ0) is 23.1. The van der Waals surface area contributed by atoms with Crippen LogP contribution >= 0.6 is 0 Å². The van der Waals surface area contributed by atoms with E-state index in [0.717, 1.165) is 0 Å². The normalized spacial score (nSPS) is 12.6. The predicted molar refractivity (Wildman–Crippen MR) is 113 cm³/mol. The number of carboxylic acid groups (broad SMARTS) is 2. The predicted octanol–water partition coefficient (Wildman–Crippen LogP) is 3.76. The zero-order valence-electron chi connectivity index (χ0n) is 16.7. The molecule has 0 spiro atoms. The minimum atomic E-state index is -1.08. The number of aromatic carboxylic acids is 2. The van der Waals surface area contributed by atoms with E-state index in [2.05, 4.69) is 0 Å². The number of esters is 2. The van der Waals surface area contributed by atoms with Gasteiger partial charge in [0.2, 0.25) is 0 Å². The molecular formula is C24H18O8. The van der Waals surface area contributed by atoms with Crippen LogP contribution in [0.5, 0.6) is 0 Å². The maximum Gasteiger partial charge on any atom is 0.338 e. The molecule has 3 aromatic rings. The van der Waals surface area contributed by atoms with Crippen LogP contribution < -0.4 is 0 Å². The van der Waals surface area contributed by atoms with E-state index in [0.29, 0.717) is 22.3 Å². The number of ether oxygens (including phenoxy) is 2. The summed E-state index contributed by atoms with van der Waals surface area (Å²) < 4.78 is 9.66. The lowest BCUT2D eigenvalue weighted by Crippen LogP contribution is -2.16. The minimum Gasteiger partial charge on any atom is -0.478 e. The summed E-state index contributed by atoms with van der Waals surface area (Å²) >= 11 is 0. The fourth-order valence-electron chi connectivity index (χ4n) is 2.99. The van der Waals surface area contributed by atoms with Crippen LogP contribution in [0.2, 0.25) is 0 Å². The summed E-state index contributed by atoms with van der Waals surface area (Å²) in [6.45, 7) is 0.200. The van der Waals surface area contributed by atoms with Crippen molar-refractivity contribution in [3.8, 4) is 11.1 Å². The Hall–Kier alpha value is -4.46. The van der Waals surface area contributed by atoms with E-state index in [1.54, 1.807) is 60.7 Å². The molecule has 2 heterocycles. The van der Waals surface area contributed by atoms with Crippen LogP contribution in [0, 0.1) is 0 Å². The lowest BCUT2D eigenvalue weighted by Gasteiger charge is -2.09. The van der Waals surface area contributed by atoms with Crippen LogP contribution in [-0.4, -0.2) is 47.3 Å². The van der Waals surface area contributed by atoms with Crippen molar-refractivity contribution in [1.82, 2.24) is 0 Å². The van der Waals surface area contributed by atoms with Gasteiger partial charge in [0.1, 0.15) is 13.2 Å². The summed E-state index contributed by atoms with van der Waals surface area (Å²) in [4.78, 5) is 44.8. The Morgan fingerprint density at radius 2 is 0.938 bits per heavy atom. The molecule has 32 heavy (non-hydrogen) atoms. The monoisotopic (exact) mass is 434 g/mol. The van der Waals surface area contributed by atoms with E-state index in [1.807, 2.05) is 0 Å². The van der Waals surface area contributed by atoms with Crippen LogP contribution in [0.3, 0.4) is 0 Å². The highest BCUT2D eigenvalue weighted by Gasteiger charge is 2.16. The Kier molecular flexibility index (Phi) is 6.97. The van der Waals surface area contributed by atoms with E-state index in [-0.39, 0.29) is 24.3 Å². The second-order valence-electron chi connectivity index (χ2n) is 6.55. The Morgan fingerprint density at radius 3 is 1.28 bits per heavy atom. The molecule has 0 aromatic heterocycles. The Morgan fingerprint density at radius 1 is 0.594 bits per heavy atom. The minimum absolute atomic E-state index is 0.0891. The number of rotatable bonds is 3. The third-order valence-corrected chi connectivity index (χ3v) is 4.51. The average Bonchev–Trinajstić information content (AvgIpc) is 2.82. The van der Waals surface area contributed by atoms with Crippen molar-refractivity contribution in [3.63, 3.8) is 0 Å². The lowest BCUT2D eigenvalue weighted by molar-refractivity contribution is 0.0260. The van der Waals surface area contributed by atoms with Gasteiger partial charge >= 0.3 is 23.9 Å². The molecule has 0 saturated carbocycles. The molecule has 0 amide bonds. The highest BCUT2D eigenvalue weighted by atomic mass is 16.6. The van der Waals surface area contributed by atoms with Gasteiger partial charge in [-0.05, 0) is 47.5 Å². The van der Waals surface area contributed by atoms with Crippen molar-refractivity contribution in [2.45, 2.75) is 0 Å². The van der Waals surface area contributed by atoms with Crippen molar-refractivity contribution < 1.29 is 38.9 Å². The first-order valence-electron chi connectivity index (χ1n) is 9.48. The van der Waals surface area contributed by atoms with E-state index in [1.165, 1.54) is 12.1 Å². The molecule has 0 radical (unpaired) electrons. The molecule has 8 nitrogen and oxygen atoms in total. The second kappa shape index (κ2) is 10.0. The number of carbonyl (C=O) groups excluding carboxylic acids is 2. The number of hydrogen-bond acceptors (Lipinski definition) is 6. The van der Waals surface area contributed by atoms with Gasteiger partial charge in [-0.15, -0.1) is 0 Å². The fourth-order valence-corrected chi connectivity index (χ4v) is 2.99. The van der Waals surface area contributed by atoms with Gasteiger partial charge in [-0.2, -0.15) is 0 Å². The van der Waals surface area contributed by atoms with Crippen LogP contribution in [0.4, 0.5) is 0 Å². The van der Waals surface area contributed by atoms with Crippen molar-refractivity contribution in [2.24, 2.45) is 0 Å². The van der Waals surface area contributed by atoms with Gasteiger partial charge in [-0.1, -0.05) is 36.4 Å². The van der Waals surface area contributed by atoms with Gasteiger partial charge in [-0.3, -0.25) is 0 Å².